The van der Waals surface area contributed by atoms with Crippen LogP contribution in [0.3, 0.4) is 0 Å². The van der Waals surface area contributed by atoms with E-state index in [1.54, 1.807) is 0 Å². The van der Waals surface area contributed by atoms with E-state index in [4.69, 9.17) is 0 Å². The summed E-state index contributed by atoms with van der Waals surface area (Å²) in [6, 6.07) is 0. The van der Waals surface area contributed by atoms with Crippen molar-refractivity contribution < 1.29 is 0 Å². The molecule has 0 aromatic rings. The molecular formula is C18H34. The highest BCUT2D eigenvalue weighted by atomic mass is 14.4. The van der Waals surface area contributed by atoms with E-state index in [2.05, 4.69) is 27.7 Å². The molecular weight excluding hydrogens is 216 g/mol. The molecule has 2 aliphatic carbocycles. The third-order valence-electron chi connectivity index (χ3n) is 6.39. The topological polar surface area (TPSA) is 0 Å². The van der Waals surface area contributed by atoms with Gasteiger partial charge in [0.1, 0.15) is 0 Å². The van der Waals surface area contributed by atoms with Crippen LogP contribution in [0.15, 0.2) is 0 Å². The van der Waals surface area contributed by atoms with E-state index < -0.39 is 0 Å². The van der Waals surface area contributed by atoms with Crippen LogP contribution in [0.5, 0.6) is 0 Å². The molecule has 0 heterocycles. The van der Waals surface area contributed by atoms with E-state index in [-0.39, 0.29) is 0 Å². The van der Waals surface area contributed by atoms with Gasteiger partial charge in [-0.25, -0.2) is 0 Å². The molecule has 18 heavy (non-hydrogen) atoms. The summed E-state index contributed by atoms with van der Waals surface area (Å²) in [5, 5.41) is 0. The number of hydrogen-bond donors (Lipinski definition) is 0. The molecule has 6 atom stereocenters. The molecule has 6 unspecified atom stereocenters. The van der Waals surface area contributed by atoms with Gasteiger partial charge in [-0.3, -0.25) is 0 Å². The SMILES string of the molecule is CC1CCC(CCC2CCCC(C)C2C)C(C)C1. The minimum absolute atomic E-state index is 0.979. The second-order valence-electron chi connectivity index (χ2n) is 7.76. The van der Waals surface area contributed by atoms with Crippen LogP contribution >= 0.6 is 0 Å². The summed E-state index contributed by atoms with van der Waals surface area (Å²) in [5.74, 6) is 6.03. The summed E-state index contributed by atoms with van der Waals surface area (Å²) in [6.45, 7) is 9.94. The minimum atomic E-state index is 0.979. The lowest BCUT2D eigenvalue weighted by Crippen LogP contribution is -2.26. The zero-order valence-electron chi connectivity index (χ0n) is 13.1. The Bertz CT molecular complexity index is 244. The molecule has 106 valence electrons. The Labute approximate surface area is 115 Å². The molecule has 0 aliphatic heterocycles. The normalized spacial score (nSPS) is 46.0. The van der Waals surface area contributed by atoms with Gasteiger partial charge in [-0.05, 0) is 61.2 Å². The third-order valence-corrected chi connectivity index (χ3v) is 6.39. The summed E-state index contributed by atoms with van der Waals surface area (Å²) in [5.41, 5.74) is 0. The standard InChI is InChI=1S/C18H34/c1-13-8-9-17(15(3)12-13)10-11-18-7-5-6-14(2)16(18)4/h13-18H,5-12H2,1-4H3. The molecule has 0 nitrogen and oxygen atoms in total. The van der Waals surface area contributed by atoms with Crippen LogP contribution in [-0.2, 0) is 0 Å². The quantitative estimate of drug-likeness (QED) is 0.584. The highest BCUT2D eigenvalue weighted by Gasteiger charge is 2.30. The maximum Gasteiger partial charge on any atom is -0.0386 e. The lowest BCUT2D eigenvalue weighted by molar-refractivity contribution is 0.138. The minimum Gasteiger partial charge on any atom is -0.0625 e. The van der Waals surface area contributed by atoms with E-state index in [9.17, 15) is 0 Å². The van der Waals surface area contributed by atoms with Crippen LogP contribution in [0.4, 0.5) is 0 Å². The van der Waals surface area contributed by atoms with Gasteiger partial charge in [0.25, 0.3) is 0 Å². The second-order valence-corrected chi connectivity index (χ2v) is 7.76. The van der Waals surface area contributed by atoms with Gasteiger partial charge in [0, 0.05) is 0 Å². The van der Waals surface area contributed by atoms with Crippen LogP contribution in [0.1, 0.15) is 79.1 Å². The Hall–Kier alpha value is 0. The second kappa shape index (κ2) is 6.44. The third kappa shape index (κ3) is 3.52. The van der Waals surface area contributed by atoms with E-state index in [1.165, 1.54) is 51.4 Å². The molecule has 2 rings (SSSR count). The molecule has 0 radical (unpaired) electrons. The largest absolute Gasteiger partial charge is 0.0625 e. The first-order valence-corrected chi connectivity index (χ1v) is 8.58. The molecule has 2 aliphatic rings. The van der Waals surface area contributed by atoms with Gasteiger partial charge in [0.05, 0.1) is 0 Å². The van der Waals surface area contributed by atoms with Gasteiger partial charge < -0.3 is 0 Å². The fraction of sp³-hybridized carbons (Fsp3) is 1.00. The van der Waals surface area contributed by atoms with Crippen molar-refractivity contribution in [2.24, 2.45) is 35.5 Å². The fourth-order valence-electron chi connectivity index (χ4n) is 4.68. The fourth-order valence-corrected chi connectivity index (χ4v) is 4.68. The van der Waals surface area contributed by atoms with Gasteiger partial charge in [0.15, 0.2) is 0 Å². The number of hydrogen-bond acceptors (Lipinski definition) is 0. The van der Waals surface area contributed by atoms with Crippen LogP contribution in [0, 0.1) is 35.5 Å². The van der Waals surface area contributed by atoms with Crippen LogP contribution in [-0.4, -0.2) is 0 Å². The van der Waals surface area contributed by atoms with Gasteiger partial charge in [-0.1, -0.05) is 53.4 Å². The monoisotopic (exact) mass is 250 g/mol. The van der Waals surface area contributed by atoms with Crippen molar-refractivity contribution in [2.75, 3.05) is 0 Å². The molecule has 0 heteroatoms. The smallest absolute Gasteiger partial charge is 0.0386 e. The Morgan fingerprint density at radius 1 is 0.722 bits per heavy atom. The molecule has 0 saturated heterocycles. The van der Waals surface area contributed by atoms with Crippen molar-refractivity contribution in [3.05, 3.63) is 0 Å². The molecule has 0 amide bonds. The summed E-state index contributed by atoms with van der Waals surface area (Å²) in [6.07, 6.45) is 12.0. The molecule has 0 spiro atoms. The molecule has 0 N–H and O–H groups in total. The van der Waals surface area contributed by atoms with Crippen LogP contribution in [0.2, 0.25) is 0 Å². The molecule has 2 saturated carbocycles. The van der Waals surface area contributed by atoms with Crippen molar-refractivity contribution in [3.63, 3.8) is 0 Å². The summed E-state index contributed by atoms with van der Waals surface area (Å²) in [4.78, 5) is 0. The predicted molar refractivity (Wildman–Crippen MR) is 80.6 cm³/mol. The highest BCUT2D eigenvalue weighted by Crippen LogP contribution is 2.41. The van der Waals surface area contributed by atoms with Crippen molar-refractivity contribution in [1.82, 2.24) is 0 Å². The lowest BCUT2D eigenvalue weighted by atomic mass is 9.68. The zero-order valence-corrected chi connectivity index (χ0v) is 13.1. The Morgan fingerprint density at radius 2 is 1.44 bits per heavy atom. The number of rotatable bonds is 3. The van der Waals surface area contributed by atoms with Gasteiger partial charge >= 0.3 is 0 Å². The summed E-state index contributed by atoms with van der Waals surface area (Å²) in [7, 11) is 0. The average molecular weight is 250 g/mol. The van der Waals surface area contributed by atoms with Crippen molar-refractivity contribution >= 4 is 0 Å². The van der Waals surface area contributed by atoms with Crippen LogP contribution in [0.25, 0.3) is 0 Å². The maximum absolute atomic E-state index is 2.51. The predicted octanol–water partition coefficient (Wildman–Crippen LogP) is 5.91. The first kappa shape index (κ1) is 14.4. The first-order chi connectivity index (χ1) is 8.58. The Kier molecular flexibility index (Phi) is 5.15. The first-order valence-electron chi connectivity index (χ1n) is 8.58. The van der Waals surface area contributed by atoms with Crippen molar-refractivity contribution in [3.8, 4) is 0 Å². The summed E-state index contributed by atoms with van der Waals surface area (Å²) >= 11 is 0. The van der Waals surface area contributed by atoms with E-state index in [1.807, 2.05) is 0 Å². The maximum atomic E-state index is 2.51. The Morgan fingerprint density at radius 3 is 2.17 bits per heavy atom. The van der Waals surface area contributed by atoms with Crippen LogP contribution < -0.4 is 0 Å². The van der Waals surface area contributed by atoms with E-state index in [0.717, 1.165) is 35.5 Å². The molecule has 0 bridgehead atoms. The van der Waals surface area contributed by atoms with Gasteiger partial charge in [-0.15, -0.1) is 0 Å². The zero-order chi connectivity index (χ0) is 13.1. The van der Waals surface area contributed by atoms with Gasteiger partial charge in [-0.2, -0.15) is 0 Å². The van der Waals surface area contributed by atoms with E-state index >= 15 is 0 Å². The Balaban J connectivity index is 1.77. The lowest BCUT2D eigenvalue weighted by Gasteiger charge is -2.37. The molecule has 0 aromatic carbocycles. The van der Waals surface area contributed by atoms with E-state index in [0.29, 0.717) is 0 Å². The molecule has 2 fully saturated rings. The van der Waals surface area contributed by atoms with Crippen molar-refractivity contribution in [1.29, 1.82) is 0 Å². The summed E-state index contributed by atoms with van der Waals surface area (Å²) < 4.78 is 0. The average Bonchev–Trinajstić information content (AvgIpc) is 2.33. The highest BCUT2D eigenvalue weighted by molar-refractivity contribution is 4.81. The molecule has 0 aromatic heterocycles. The van der Waals surface area contributed by atoms with Gasteiger partial charge in [0.2, 0.25) is 0 Å². The van der Waals surface area contributed by atoms with Crippen molar-refractivity contribution in [2.45, 2.75) is 79.1 Å².